The van der Waals surface area contributed by atoms with Crippen LogP contribution in [-0.4, -0.2) is 26.5 Å². The molecular formula is C18H21N5O2S. The van der Waals surface area contributed by atoms with Crippen molar-refractivity contribution < 1.29 is 9.21 Å². The van der Waals surface area contributed by atoms with Gasteiger partial charge in [0.05, 0.1) is 18.1 Å². The molecule has 0 saturated heterocycles. The lowest BCUT2D eigenvalue weighted by Crippen LogP contribution is -2.33. The number of benzene rings is 1. The number of hydrogen-bond acceptors (Lipinski definition) is 6. The van der Waals surface area contributed by atoms with Gasteiger partial charge < -0.3 is 15.6 Å². The van der Waals surface area contributed by atoms with E-state index >= 15 is 0 Å². The highest BCUT2D eigenvalue weighted by atomic mass is 32.2. The molecule has 2 aromatic heterocycles. The van der Waals surface area contributed by atoms with E-state index in [1.54, 1.807) is 18.4 Å². The van der Waals surface area contributed by atoms with E-state index in [1.807, 2.05) is 30.3 Å². The van der Waals surface area contributed by atoms with Gasteiger partial charge in [0.2, 0.25) is 16.9 Å². The highest BCUT2D eigenvalue weighted by molar-refractivity contribution is 7.99. The van der Waals surface area contributed by atoms with Crippen LogP contribution in [0.2, 0.25) is 0 Å². The molecule has 0 fully saturated rings. The molecule has 3 aromatic rings. The Morgan fingerprint density at radius 1 is 1.23 bits per heavy atom. The first-order chi connectivity index (χ1) is 12.6. The van der Waals surface area contributed by atoms with Crippen LogP contribution in [0.25, 0.3) is 11.6 Å². The molecule has 7 nitrogen and oxygen atoms in total. The quantitative estimate of drug-likeness (QED) is 0.489. The predicted molar refractivity (Wildman–Crippen MR) is 101 cm³/mol. The van der Waals surface area contributed by atoms with E-state index < -0.39 is 0 Å². The van der Waals surface area contributed by atoms with Crippen LogP contribution in [0.5, 0.6) is 0 Å². The Bertz CT molecular complexity index is 846. The first-order valence-corrected chi connectivity index (χ1v) is 9.26. The minimum Gasteiger partial charge on any atom is -0.461 e. The lowest BCUT2D eigenvalue weighted by molar-refractivity contribution is -0.119. The van der Waals surface area contributed by atoms with Crippen LogP contribution in [-0.2, 0) is 4.79 Å². The van der Waals surface area contributed by atoms with Crippen LogP contribution < -0.4 is 11.2 Å². The summed E-state index contributed by atoms with van der Waals surface area (Å²) in [5.41, 5.74) is 1.09. The maximum Gasteiger partial charge on any atom is 0.230 e. The summed E-state index contributed by atoms with van der Waals surface area (Å²) < 4.78 is 6.60. The number of carbonyl (C=O) groups is 1. The molecule has 0 radical (unpaired) electrons. The Hall–Kier alpha value is -2.74. The Balaban J connectivity index is 1.62. The highest BCUT2D eigenvalue weighted by Gasteiger charge is 2.20. The number of aromatic nitrogens is 3. The molecule has 0 aliphatic heterocycles. The van der Waals surface area contributed by atoms with Crippen molar-refractivity contribution in [3.05, 3.63) is 54.3 Å². The summed E-state index contributed by atoms with van der Waals surface area (Å²) in [6, 6.07) is 13.4. The Morgan fingerprint density at radius 2 is 2.00 bits per heavy atom. The third kappa shape index (κ3) is 4.08. The number of hydrogen-bond donors (Lipinski definition) is 2. The SMILES string of the molecule is CC(C)C(NC(=O)CSc1nnc(-c2ccco2)n1N)c1ccccc1. The van der Waals surface area contributed by atoms with Crippen molar-refractivity contribution in [1.82, 2.24) is 20.2 Å². The maximum absolute atomic E-state index is 12.4. The second-order valence-electron chi connectivity index (χ2n) is 6.14. The molecule has 8 heteroatoms. The molecule has 0 spiro atoms. The van der Waals surface area contributed by atoms with E-state index in [0.717, 1.165) is 5.56 Å². The molecule has 0 aliphatic rings. The second kappa shape index (κ2) is 8.09. The molecule has 26 heavy (non-hydrogen) atoms. The maximum atomic E-state index is 12.4. The molecular weight excluding hydrogens is 350 g/mol. The van der Waals surface area contributed by atoms with Gasteiger partial charge in [-0.2, -0.15) is 0 Å². The minimum atomic E-state index is -0.0832. The summed E-state index contributed by atoms with van der Waals surface area (Å²) in [4.78, 5) is 12.4. The van der Waals surface area contributed by atoms with Gasteiger partial charge in [-0.1, -0.05) is 55.9 Å². The molecule has 0 bridgehead atoms. The van der Waals surface area contributed by atoms with Crippen molar-refractivity contribution in [2.24, 2.45) is 5.92 Å². The standard InChI is InChI=1S/C18H21N5O2S/c1-12(2)16(13-7-4-3-5-8-13)20-15(24)11-26-18-22-21-17(23(18)19)14-9-6-10-25-14/h3-10,12,16H,11,19H2,1-2H3,(H,20,24). The van der Waals surface area contributed by atoms with Crippen molar-refractivity contribution >= 4 is 17.7 Å². The number of nitrogens with zero attached hydrogens (tertiary/aromatic N) is 3. The van der Waals surface area contributed by atoms with E-state index in [9.17, 15) is 4.79 Å². The summed E-state index contributed by atoms with van der Waals surface area (Å²) in [5, 5.41) is 11.6. The topological polar surface area (TPSA) is 99.0 Å². The smallest absolute Gasteiger partial charge is 0.230 e. The van der Waals surface area contributed by atoms with Gasteiger partial charge in [-0.25, -0.2) is 4.68 Å². The van der Waals surface area contributed by atoms with Crippen LogP contribution in [0.3, 0.4) is 0 Å². The molecule has 1 aromatic carbocycles. The van der Waals surface area contributed by atoms with Crippen molar-refractivity contribution in [3.63, 3.8) is 0 Å². The highest BCUT2D eigenvalue weighted by Crippen LogP contribution is 2.24. The lowest BCUT2D eigenvalue weighted by atomic mass is 9.96. The predicted octanol–water partition coefficient (Wildman–Crippen LogP) is 2.86. The van der Waals surface area contributed by atoms with Gasteiger partial charge in [0.15, 0.2) is 5.76 Å². The Kier molecular flexibility index (Phi) is 5.62. The van der Waals surface area contributed by atoms with Crippen molar-refractivity contribution in [2.75, 3.05) is 11.6 Å². The van der Waals surface area contributed by atoms with Crippen LogP contribution in [0, 0.1) is 5.92 Å². The van der Waals surface area contributed by atoms with Gasteiger partial charge in [0.1, 0.15) is 0 Å². The van der Waals surface area contributed by atoms with Crippen molar-refractivity contribution in [2.45, 2.75) is 25.0 Å². The summed E-state index contributed by atoms with van der Waals surface area (Å²) in [7, 11) is 0. The molecule has 3 rings (SSSR count). The van der Waals surface area contributed by atoms with Crippen molar-refractivity contribution in [1.29, 1.82) is 0 Å². The monoisotopic (exact) mass is 371 g/mol. The van der Waals surface area contributed by atoms with Gasteiger partial charge >= 0.3 is 0 Å². The zero-order chi connectivity index (χ0) is 18.5. The zero-order valence-electron chi connectivity index (χ0n) is 14.6. The largest absolute Gasteiger partial charge is 0.461 e. The van der Waals surface area contributed by atoms with Gasteiger partial charge in [-0.3, -0.25) is 4.79 Å². The van der Waals surface area contributed by atoms with Crippen LogP contribution in [0.4, 0.5) is 0 Å². The number of nitrogens with two attached hydrogens (primary N) is 1. The zero-order valence-corrected chi connectivity index (χ0v) is 15.4. The molecule has 1 amide bonds. The summed E-state index contributed by atoms with van der Waals surface area (Å²) >= 11 is 1.23. The van der Waals surface area contributed by atoms with E-state index in [4.69, 9.17) is 10.3 Å². The molecule has 1 atom stereocenters. The van der Waals surface area contributed by atoms with Crippen molar-refractivity contribution in [3.8, 4) is 11.6 Å². The van der Waals surface area contributed by atoms with Gasteiger partial charge in [-0.15, -0.1) is 10.2 Å². The lowest BCUT2D eigenvalue weighted by Gasteiger charge is -2.22. The molecule has 2 heterocycles. The fraction of sp³-hybridized carbons (Fsp3) is 0.278. The summed E-state index contributed by atoms with van der Waals surface area (Å²) in [5.74, 6) is 7.34. The molecule has 3 N–H and O–H groups in total. The number of thioether (sulfide) groups is 1. The third-order valence-electron chi connectivity index (χ3n) is 3.88. The molecule has 136 valence electrons. The van der Waals surface area contributed by atoms with Gasteiger partial charge in [0, 0.05) is 0 Å². The number of rotatable bonds is 7. The van der Waals surface area contributed by atoms with E-state index in [2.05, 4.69) is 29.4 Å². The fourth-order valence-electron chi connectivity index (χ4n) is 2.59. The van der Waals surface area contributed by atoms with Crippen LogP contribution >= 0.6 is 11.8 Å². The number of furan rings is 1. The minimum absolute atomic E-state index is 0.0428. The Labute approximate surface area is 156 Å². The van der Waals surface area contributed by atoms with Gasteiger partial charge in [-0.05, 0) is 23.6 Å². The third-order valence-corrected chi connectivity index (χ3v) is 4.82. The molecule has 0 saturated carbocycles. The summed E-state index contributed by atoms with van der Waals surface area (Å²) in [6.07, 6.45) is 1.54. The molecule has 0 aliphatic carbocycles. The average molecular weight is 371 g/mol. The number of nitrogen functional groups attached to an aromatic ring is 1. The summed E-state index contributed by atoms with van der Waals surface area (Å²) in [6.45, 7) is 4.16. The van der Waals surface area contributed by atoms with Crippen LogP contribution in [0.1, 0.15) is 25.5 Å². The van der Waals surface area contributed by atoms with Crippen LogP contribution in [0.15, 0.2) is 58.3 Å². The fourth-order valence-corrected chi connectivity index (χ4v) is 3.26. The molecule has 1 unspecified atom stereocenters. The van der Waals surface area contributed by atoms with Gasteiger partial charge in [0.25, 0.3) is 0 Å². The number of carbonyl (C=O) groups excluding carboxylic acids is 1. The van der Waals surface area contributed by atoms with E-state index in [1.165, 1.54) is 16.4 Å². The normalized spacial score (nSPS) is 12.3. The second-order valence-corrected chi connectivity index (χ2v) is 7.08. The van der Waals surface area contributed by atoms with E-state index in [0.29, 0.717) is 16.7 Å². The first-order valence-electron chi connectivity index (χ1n) is 8.27. The Morgan fingerprint density at radius 3 is 2.65 bits per heavy atom. The first kappa shape index (κ1) is 18.1. The number of nitrogens with one attached hydrogen (secondary N) is 1. The van der Waals surface area contributed by atoms with E-state index in [-0.39, 0.29) is 23.6 Å². The number of amides is 1. The average Bonchev–Trinajstić information content (AvgIpc) is 3.28.